The molecule has 0 aliphatic rings. The Bertz CT molecular complexity index is 243. The fourth-order valence-corrected chi connectivity index (χ4v) is 0.684. The minimum absolute atomic E-state index is 0.189. The van der Waals surface area contributed by atoms with Gasteiger partial charge in [-0.3, -0.25) is 10.1 Å². The molecule has 0 aromatic rings. The van der Waals surface area contributed by atoms with Gasteiger partial charge in [0.05, 0.1) is 4.92 Å². The molecule has 66 valence electrons. The van der Waals surface area contributed by atoms with Crippen molar-refractivity contribution in [2.75, 3.05) is 0 Å². The van der Waals surface area contributed by atoms with E-state index in [2.05, 4.69) is 22.5 Å². The molecule has 0 unspecified atom stereocenters. The fraction of sp³-hybridized carbons (Fsp3) is 0.250. The lowest BCUT2D eigenvalue weighted by Crippen LogP contribution is -1.95. The summed E-state index contributed by atoms with van der Waals surface area (Å²) in [6.45, 7) is 5.24. The van der Waals surface area contributed by atoms with Crippen molar-refractivity contribution in [2.24, 2.45) is 0 Å². The molecule has 3 nitrogen and oxygen atoms in total. The van der Waals surface area contributed by atoms with Gasteiger partial charge in [-0.2, -0.15) is 0 Å². The predicted octanol–water partition coefficient (Wildman–Crippen LogP) is 3.02. The summed E-state index contributed by atoms with van der Waals surface area (Å²) in [5.74, 6) is 0. The Hall–Kier alpha value is -0.900. The van der Waals surface area contributed by atoms with Crippen molar-refractivity contribution in [2.45, 2.75) is 13.3 Å². The lowest BCUT2D eigenvalue weighted by atomic mass is 10.3. The maximum absolute atomic E-state index is 10.3. The van der Waals surface area contributed by atoms with Crippen molar-refractivity contribution in [3.05, 3.63) is 45.1 Å². The Balaban J connectivity index is 4.51. The van der Waals surface area contributed by atoms with Crippen LogP contribution in [-0.2, 0) is 0 Å². The lowest BCUT2D eigenvalue weighted by Gasteiger charge is -1.90. The highest BCUT2D eigenvalue weighted by Gasteiger charge is 2.03. The summed E-state index contributed by atoms with van der Waals surface area (Å²) in [5.41, 5.74) is 0.189. The van der Waals surface area contributed by atoms with Crippen LogP contribution in [0.2, 0.25) is 0 Å². The number of hydrogen-bond donors (Lipinski definition) is 0. The van der Waals surface area contributed by atoms with Crippen LogP contribution in [0, 0.1) is 10.1 Å². The van der Waals surface area contributed by atoms with E-state index in [4.69, 9.17) is 0 Å². The standard InChI is InChI=1S/C8H10BrNO2/c1-3-7(9)5-6-8(4-2)10(11)12/h3,5-6H,1,4H2,2H3/b7-5+,8-6+. The second-order valence-electron chi connectivity index (χ2n) is 2.02. The van der Waals surface area contributed by atoms with Crippen LogP contribution in [0.4, 0.5) is 0 Å². The summed E-state index contributed by atoms with van der Waals surface area (Å²) < 4.78 is 0.732. The van der Waals surface area contributed by atoms with E-state index >= 15 is 0 Å². The molecule has 0 fully saturated rings. The summed E-state index contributed by atoms with van der Waals surface area (Å²) in [6.07, 6.45) is 5.06. The third-order valence-electron chi connectivity index (χ3n) is 1.23. The Morgan fingerprint density at radius 2 is 2.25 bits per heavy atom. The van der Waals surface area contributed by atoms with E-state index in [0.717, 1.165) is 4.48 Å². The van der Waals surface area contributed by atoms with E-state index in [1.807, 2.05) is 0 Å². The number of halogens is 1. The zero-order valence-corrected chi connectivity index (χ0v) is 8.37. The number of rotatable bonds is 4. The van der Waals surface area contributed by atoms with Crippen molar-refractivity contribution < 1.29 is 4.92 Å². The fourth-order valence-electron chi connectivity index (χ4n) is 0.552. The van der Waals surface area contributed by atoms with Crippen molar-refractivity contribution in [1.82, 2.24) is 0 Å². The molecule has 0 aliphatic carbocycles. The molecule has 0 rings (SSSR count). The average Bonchev–Trinajstić information content (AvgIpc) is 2.04. The van der Waals surface area contributed by atoms with Gasteiger partial charge in [0.2, 0.25) is 5.70 Å². The van der Waals surface area contributed by atoms with Crippen LogP contribution in [0.5, 0.6) is 0 Å². The second-order valence-corrected chi connectivity index (χ2v) is 2.94. The highest BCUT2D eigenvalue weighted by atomic mass is 79.9. The van der Waals surface area contributed by atoms with E-state index in [1.165, 1.54) is 6.08 Å². The van der Waals surface area contributed by atoms with E-state index in [9.17, 15) is 10.1 Å². The molecule has 0 aromatic carbocycles. The van der Waals surface area contributed by atoms with Gasteiger partial charge in [0.25, 0.3) is 0 Å². The molecule has 0 aromatic heterocycles. The largest absolute Gasteiger partial charge is 0.259 e. The Kier molecular flexibility index (Phi) is 5.28. The quantitative estimate of drug-likeness (QED) is 0.424. The van der Waals surface area contributed by atoms with Gasteiger partial charge in [0, 0.05) is 17.0 Å². The van der Waals surface area contributed by atoms with Gasteiger partial charge in [-0.1, -0.05) is 35.5 Å². The molecule has 4 heteroatoms. The molecule has 0 heterocycles. The first-order valence-electron chi connectivity index (χ1n) is 3.45. The molecule has 0 aliphatic heterocycles. The van der Waals surface area contributed by atoms with Crippen molar-refractivity contribution in [3.63, 3.8) is 0 Å². The summed E-state index contributed by atoms with van der Waals surface area (Å²) in [5, 5.41) is 10.3. The monoisotopic (exact) mass is 231 g/mol. The van der Waals surface area contributed by atoms with Gasteiger partial charge in [0.15, 0.2) is 0 Å². The molecule has 0 N–H and O–H groups in total. The molecule has 0 saturated heterocycles. The SMILES string of the molecule is C=C/C(Br)=C\C=C(/CC)[N+](=O)[O-]. The van der Waals surface area contributed by atoms with Gasteiger partial charge < -0.3 is 0 Å². The molecule has 0 saturated carbocycles. The lowest BCUT2D eigenvalue weighted by molar-refractivity contribution is -0.427. The van der Waals surface area contributed by atoms with E-state index in [-0.39, 0.29) is 10.6 Å². The first-order valence-corrected chi connectivity index (χ1v) is 4.24. The molecule has 0 radical (unpaired) electrons. The van der Waals surface area contributed by atoms with Crippen LogP contribution in [0.25, 0.3) is 0 Å². The minimum Gasteiger partial charge on any atom is -0.259 e. The van der Waals surface area contributed by atoms with Crippen LogP contribution in [-0.4, -0.2) is 4.92 Å². The summed E-state index contributed by atoms with van der Waals surface area (Å²) >= 11 is 3.16. The first-order chi connectivity index (χ1) is 5.61. The summed E-state index contributed by atoms with van der Waals surface area (Å²) in [4.78, 5) is 9.91. The van der Waals surface area contributed by atoms with Crippen molar-refractivity contribution in [1.29, 1.82) is 0 Å². The van der Waals surface area contributed by atoms with Gasteiger partial charge in [-0.25, -0.2) is 0 Å². The van der Waals surface area contributed by atoms with Crippen LogP contribution < -0.4 is 0 Å². The van der Waals surface area contributed by atoms with Crippen LogP contribution in [0.1, 0.15) is 13.3 Å². The third kappa shape index (κ3) is 4.08. The molecule has 0 bridgehead atoms. The maximum Gasteiger partial charge on any atom is 0.246 e. The molecular weight excluding hydrogens is 222 g/mol. The molecular formula is C8H10BrNO2. The van der Waals surface area contributed by atoms with Crippen LogP contribution in [0.3, 0.4) is 0 Å². The highest BCUT2D eigenvalue weighted by Crippen LogP contribution is 2.08. The summed E-state index contributed by atoms with van der Waals surface area (Å²) in [6, 6.07) is 0. The highest BCUT2D eigenvalue weighted by molar-refractivity contribution is 9.11. The van der Waals surface area contributed by atoms with Crippen LogP contribution >= 0.6 is 15.9 Å². The Labute approximate surface area is 79.7 Å². The Morgan fingerprint density at radius 3 is 2.58 bits per heavy atom. The zero-order chi connectivity index (χ0) is 9.56. The van der Waals surface area contributed by atoms with Crippen molar-refractivity contribution in [3.8, 4) is 0 Å². The number of hydrogen-bond acceptors (Lipinski definition) is 2. The van der Waals surface area contributed by atoms with Gasteiger partial charge in [-0.05, 0) is 6.08 Å². The third-order valence-corrected chi connectivity index (χ3v) is 1.81. The number of allylic oxidation sites excluding steroid dienone is 5. The zero-order valence-electron chi connectivity index (χ0n) is 6.79. The van der Waals surface area contributed by atoms with E-state index in [0.29, 0.717) is 6.42 Å². The normalized spacial score (nSPS) is 12.8. The minimum atomic E-state index is -0.389. The Morgan fingerprint density at radius 1 is 1.67 bits per heavy atom. The number of nitro groups is 1. The molecule has 12 heavy (non-hydrogen) atoms. The summed E-state index contributed by atoms with van der Waals surface area (Å²) in [7, 11) is 0. The second kappa shape index (κ2) is 5.71. The van der Waals surface area contributed by atoms with Gasteiger partial charge in [0.1, 0.15) is 0 Å². The van der Waals surface area contributed by atoms with Gasteiger partial charge in [-0.15, -0.1) is 0 Å². The molecule has 0 atom stereocenters. The molecule has 0 amide bonds. The average molecular weight is 232 g/mol. The first kappa shape index (κ1) is 11.1. The maximum atomic E-state index is 10.3. The molecule has 0 spiro atoms. The predicted molar refractivity (Wildman–Crippen MR) is 52.6 cm³/mol. The topological polar surface area (TPSA) is 43.1 Å². The van der Waals surface area contributed by atoms with E-state index < -0.39 is 0 Å². The van der Waals surface area contributed by atoms with Gasteiger partial charge >= 0.3 is 0 Å². The van der Waals surface area contributed by atoms with Crippen molar-refractivity contribution >= 4 is 15.9 Å². The van der Waals surface area contributed by atoms with E-state index in [1.54, 1.807) is 19.1 Å². The van der Waals surface area contributed by atoms with Crippen LogP contribution in [0.15, 0.2) is 35.0 Å². The smallest absolute Gasteiger partial charge is 0.246 e. The number of nitrogens with zero attached hydrogens (tertiary/aromatic N) is 1.